The fraction of sp³-hybridized carbons (Fsp3) is 0.500. The van der Waals surface area contributed by atoms with E-state index in [1.807, 2.05) is 0 Å². The summed E-state index contributed by atoms with van der Waals surface area (Å²) in [6.07, 6.45) is -10.7. The number of halogens is 2. The highest BCUT2D eigenvalue weighted by molar-refractivity contribution is 8.44. The van der Waals surface area contributed by atoms with Gasteiger partial charge < -0.3 is 20.9 Å². The Hall–Kier alpha value is -3.35. The number of alkyl halides is 2. The molecule has 3 aliphatic rings. The summed E-state index contributed by atoms with van der Waals surface area (Å²) >= 11 is 3.94. The molecule has 0 aliphatic carbocycles. The van der Waals surface area contributed by atoms with Crippen LogP contribution < -0.4 is 21.7 Å². The van der Waals surface area contributed by atoms with Crippen LogP contribution in [0.15, 0.2) is 23.8 Å². The van der Waals surface area contributed by atoms with Gasteiger partial charge in [-0.1, -0.05) is 12.2 Å². The molecular formula is C20H22F2N11O9PS2. The molecule has 7 heterocycles. The van der Waals surface area contributed by atoms with Crippen molar-refractivity contribution in [2.75, 3.05) is 24.6 Å². The van der Waals surface area contributed by atoms with E-state index >= 15 is 8.78 Å². The number of anilines is 2. The van der Waals surface area contributed by atoms with Crippen LogP contribution in [0.3, 0.4) is 0 Å². The summed E-state index contributed by atoms with van der Waals surface area (Å²) < 4.78 is 103. The molecule has 0 unspecified atom stereocenters. The van der Waals surface area contributed by atoms with Crippen LogP contribution in [-0.2, 0) is 37.6 Å². The predicted molar refractivity (Wildman–Crippen MR) is 149 cm³/mol. The van der Waals surface area contributed by atoms with E-state index in [0.29, 0.717) is 0 Å². The third kappa shape index (κ3) is 5.34. The zero-order valence-electron chi connectivity index (χ0n) is 22.3. The fourth-order valence-corrected chi connectivity index (χ4v) is 7.72. The lowest BCUT2D eigenvalue weighted by Gasteiger charge is -2.26. The molecule has 6 N–H and O–H groups in total. The van der Waals surface area contributed by atoms with Crippen molar-refractivity contribution in [3.63, 3.8) is 0 Å². The van der Waals surface area contributed by atoms with Gasteiger partial charge in [0.25, 0.3) is 5.56 Å². The molecule has 0 saturated carbocycles. The molecule has 45 heavy (non-hydrogen) atoms. The smallest absolute Gasteiger partial charge is 0.382 e. The van der Waals surface area contributed by atoms with Gasteiger partial charge in [0.2, 0.25) is 5.95 Å². The van der Waals surface area contributed by atoms with E-state index in [2.05, 4.69) is 46.9 Å². The number of nitrogen functional groups attached to an aromatic ring is 2. The van der Waals surface area contributed by atoms with Crippen molar-refractivity contribution in [3.05, 3.63) is 29.3 Å². The van der Waals surface area contributed by atoms with Crippen LogP contribution in [0, 0.1) is 0 Å². The third-order valence-corrected chi connectivity index (χ3v) is 9.89. The third-order valence-electron chi connectivity index (χ3n) is 7.28. The number of hydrogen-bond acceptors (Lipinski definition) is 16. The van der Waals surface area contributed by atoms with Crippen molar-refractivity contribution < 1.29 is 44.5 Å². The van der Waals surface area contributed by atoms with Crippen LogP contribution in [0.4, 0.5) is 20.5 Å². The first-order chi connectivity index (χ1) is 21.3. The lowest BCUT2D eigenvalue weighted by molar-refractivity contribution is -0.0434. The molecule has 9 atom stereocenters. The Balaban J connectivity index is 1.17. The number of nitrogens with one attached hydrogen (secondary N) is 2. The molecule has 242 valence electrons. The molecule has 0 bridgehead atoms. The minimum absolute atomic E-state index is 0.0181. The summed E-state index contributed by atoms with van der Waals surface area (Å²) in [6, 6.07) is 0. The molecule has 4 aromatic heterocycles. The Morgan fingerprint density at radius 2 is 1.64 bits per heavy atom. The molecule has 0 aromatic carbocycles. The van der Waals surface area contributed by atoms with Crippen molar-refractivity contribution in [1.82, 2.24) is 43.8 Å². The number of ether oxygens (including phenoxy) is 2. The first kappa shape index (κ1) is 30.3. The van der Waals surface area contributed by atoms with Crippen molar-refractivity contribution in [2.45, 2.75) is 49.2 Å². The monoisotopic (exact) mass is 693 g/mol. The highest BCUT2D eigenvalue weighted by atomic mass is 32.7. The van der Waals surface area contributed by atoms with Gasteiger partial charge in [0, 0.05) is 6.54 Å². The maximum atomic E-state index is 15.9. The van der Waals surface area contributed by atoms with Gasteiger partial charge in [-0.25, -0.2) is 37.5 Å². The standard InChI is InChI=1S/C20H22F2N11O9PS2/c21-8-12-6(39-18(8)32-4-27-10-14(23)25-3-26-15(10)32)1-29-45(36,37)42-13-7(2-38-43(35,44)41-12)40-19(9(13)22)33-5-28-11-16(33)30-20(24)31-17(11)34/h3-9,12-13,18-19,29H,1-2H2,(H,35,44)(H2,23,25,26)(H3,24,30,31,34)/t6-,7-,8-,9-,12-,13-,18-,19-,43-/m1/s1. The molecule has 0 amide bonds. The average Bonchev–Trinajstić information content (AvgIpc) is 3.72. The van der Waals surface area contributed by atoms with Crippen LogP contribution in [0.1, 0.15) is 12.5 Å². The van der Waals surface area contributed by atoms with E-state index in [9.17, 15) is 17.8 Å². The van der Waals surface area contributed by atoms with Crippen molar-refractivity contribution in [3.8, 4) is 0 Å². The van der Waals surface area contributed by atoms with E-state index in [1.165, 1.54) is 10.9 Å². The van der Waals surface area contributed by atoms with E-state index in [0.717, 1.165) is 17.2 Å². The number of imidazole rings is 2. The molecule has 25 heteroatoms. The van der Waals surface area contributed by atoms with Crippen LogP contribution in [0.5, 0.6) is 0 Å². The van der Waals surface area contributed by atoms with Gasteiger partial charge in [-0.2, -0.15) is 18.1 Å². The first-order valence-electron chi connectivity index (χ1n) is 12.9. The molecule has 3 fully saturated rings. The highest BCUT2D eigenvalue weighted by Crippen LogP contribution is 2.57. The molecule has 20 nitrogen and oxygen atoms in total. The minimum atomic E-state index is -4.79. The second kappa shape index (κ2) is 10.9. The quantitative estimate of drug-likeness (QED) is 0.128. The van der Waals surface area contributed by atoms with E-state index < -0.39 is 85.0 Å². The van der Waals surface area contributed by atoms with Gasteiger partial charge in [-0.15, -0.1) is 0 Å². The number of H-pyrrole nitrogens is 1. The second-order valence-electron chi connectivity index (χ2n) is 10.1. The summed E-state index contributed by atoms with van der Waals surface area (Å²) in [7, 11) is -4.79. The van der Waals surface area contributed by atoms with Gasteiger partial charge in [-0.3, -0.25) is 28.0 Å². The highest BCUT2D eigenvalue weighted by Gasteiger charge is 2.53. The van der Waals surface area contributed by atoms with Crippen molar-refractivity contribution in [2.24, 2.45) is 0 Å². The fourth-order valence-electron chi connectivity index (χ4n) is 5.28. The van der Waals surface area contributed by atoms with Crippen LogP contribution in [0.25, 0.3) is 22.3 Å². The van der Waals surface area contributed by atoms with Crippen molar-refractivity contribution >= 4 is 63.4 Å². The zero-order valence-corrected chi connectivity index (χ0v) is 24.9. The number of aromatic nitrogens is 8. The van der Waals surface area contributed by atoms with E-state index in [-0.39, 0.29) is 34.1 Å². The summed E-state index contributed by atoms with van der Waals surface area (Å²) in [5, 5.41) is 0. The lowest BCUT2D eigenvalue weighted by Crippen LogP contribution is -2.44. The SMILES string of the molecule is Nc1nc2c(ncn2[C@@H]2O[C@@H]3CO[P@@](=O)(S)O[C@H]4[C@@H](F)[C@H](n5cnc6c(N)ncnc65)O[C@@H]4CNS(=O)(=O)O[C@H]3[C@H]2F)c(=O)[nH]1. The summed E-state index contributed by atoms with van der Waals surface area (Å²) in [5.41, 5.74) is 10.6. The number of nitrogens with two attached hydrogens (primary N) is 2. The number of aromatic amines is 1. The Bertz CT molecular complexity index is 2010. The van der Waals surface area contributed by atoms with Gasteiger partial charge in [-0.05, 0) is 0 Å². The maximum absolute atomic E-state index is 15.9. The maximum Gasteiger partial charge on any atom is 0.386 e. The lowest BCUT2D eigenvalue weighted by atomic mass is 10.1. The Morgan fingerprint density at radius 3 is 2.40 bits per heavy atom. The van der Waals surface area contributed by atoms with Gasteiger partial charge in [0.1, 0.15) is 36.3 Å². The number of hydrogen-bond donors (Lipinski definition) is 5. The van der Waals surface area contributed by atoms with E-state index in [4.69, 9.17) is 34.2 Å². The Morgan fingerprint density at radius 1 is 0.978 bits per heavy atom. The normalized spacial score (nSPS) is 35.5. The van der Waals surface area contributed by atoms with Gasteiger partial charge in [0.15, 0.2) is 47.4 Å². The zero-order chi connectivity index (χ0) is 31.8. The molecule has 4 aromatic rings. The molecule has 7 rings (SSSR count). The first-order valence-corrected chi connectivity index (χ1v) is 17.0. The number of nitrogens with zero attached hydrogens (tertiary/aromatic N) is 7. The summed E-state index contributed by atoms with van der Waals surface area (Å²) in [4.78, 5) is 34.2. The molecule has 3 saturated heterocycles. The van der Waals surface area contributed by atoms with Gasteiger partial charge >= 0.3 is 17.1 Å². The second-order valence-corrected chi connectivity index (χ2v) is 14.3. The van der Waals surface area contributed by atoms with Gasteiger partial charge in [0.05, 0.1) is 19.3 Å². The van der Waals surface area contributed by atoms with E-state index in [1.54, 1.807) is 0 Å². The number of rotatable bonds is 2. The molecule has 0 spiro atoms. The van der Waals surface area contributed by atoms with Crippen molar-refractivity contribution in [1.29, 1.82) is 0 Å². The predicted octanol–water partition coefficient (Wildman–Crippen LogP) is -0.732. The Labute approximate surface area is 254 Å². The molecular weight excluding hydrogens is 671 g/mol. The molecule has 0 radical (unpaired) electrons. The van der Waals surface area contributed by atoms with Crippen LogP contribution >= 0.6 is 19.0 Å². The summed E-state index contributed by atoms with van der Waals surface area (Å²) in [6.45, 7) is -5.94. The minimum Gasteiger partial charge on any atom is -0.382 e. The number of fused-ring (bicyclic) bond motifs is 4. The average molecular weight is 694 g/mol. The largest absolute Gasteiger partial charge is 0.386 e. The molecule has 3 aliphatic heterocycles. The topological polar surface area (TPSA) is 269 Å². The van der Waals surface area contributed by atoms with Crippen LogP contribution in [-0.4, -0.2) is 97.4 Å². The van der Waals surface area contributed by atoms with Crippen LogP contribution in [0.2, 0.25) is 0 Å². The Kier molecular flexibility index (Phi) is 7.33. The number of thiol groups is 1. The summed E-state index contributed by atoms with van der Waals surface area (Å²) in [5.74, 6) is -0.280.